The average Bonchev–Trinajstić information content (AvgIpc) is 3.88. The summed E-state index contributed by atoms with van der Waals surface area (Å²) in [5.41, 5.74) is 27.1. The zero-order valence-corrected chi connectivity index (χ0v) is 28.4. The van der Waals surface area contributed by atoms with Crippen LogP contribution in [-0.2, 0) is 0 Å². The molecule has 1 aliphatic heterocycles. The first-order valence-electron chi connectivity index (χ1n) is 16.6. The van der Waals surface area contributed by atoms with E-state index in [-0.39, 0.29) is 17.3 Å². The zero-order chi connectivity index (χ0) is 33.4. The number of hydrogen-bond donors (Lipinski definition) is 1. The molecule has 1 aromatic carbocycles. The Morgan fingerprint density at radius 3 is 2.30 bits per heavy atom. The third kappa shape index (κ3) is 4.31. The predicted octanol–water partition coefficient (Wildman–Crippen LogP) is 11.1. The second kappa shape index (κ2) is 11.0. The van der Waals surface area contributed by atoms with Gasteiger partial charge in [-0.3, -0.25) is 0 Å². The van der Waals surface area contributed by atoms with E-state index in [4.69, 9.17) is 5.73 Å². The summed E-state index contributed by atoms with van der Waals surface area (Å²) >= 11 is 0. The van der Waals surface area contributed by atoms with Crippen LogP contribution in [0.5, 0.6) is 0 Å². The number of allylic oxidation sites excluding steroid dienone is 21. The minimum atomic E-state index is 0.0269. The number of nitrogens with zero attached hydrogens (tertiary/aromatic N) is 1. The Bertz CT molecular complexity index is 2110. The molecule has 4 aliphatic carbocycles. The molecule has 0 bridgehead atoms. The highest BCUT2D eigenvalue weighted by Gasteiger charge is 2.48. The highest BCUT2D eigenvalue weighted by molar-refractivity contribution is 5.92. The Morgan fingerprint density at radius 1 is 1.00 bits per heavy atom. The molecule has 0 spiro atoms. The van der Waals surface area contributed by atoms with E-state index < -0.39 is 0 Å². The van der Waals surface area contributed by atoms with Crippen LogP contribution in [0.3, 0.4) is 0 Å². The third-order valence-electron chi connectivity index (χ3n) is 10.6. The number of hydrogen-bond acceptors (Lipinski definition) is 1. The van der Waals surface area contributed by atoms with Crippen molar-refractivity contribution < 1.29 is 0 Å². The van der Waals surface area contributed by atoms with Crippen molar-refractivity contribution in [1.82, 2.24) is 4.57 Å². The van der Waals surface area contributed by atoms with E-state index in [1.54, 1.807) is 6.20 Å². The Labute approximate surface area is 280 Å². The molecule has 2 aromatic rings. The first-order valence-corrected chi connectivity index (χ1v) is 16.6. The summed E-state index contributed by atoms with van der Waals surface area (Å²) in [5.74, 6) is 0.156. The van der Waals surface area contributed by atoms with Crippen molar-refractivity contribution >= 4 is 16.8 Å². The van der Waals surface area contributed by atoms with Crippen LogP contribution in [-0.4, -0.2) is 4.57 Å². The van der Waals surface area contributed by atoms with Crippen molar-refractivity contribution in [3.63, 3.8) is 0 Å². The first kappa shape index (κ1) is 30.6. The number of rotatable bonds is 7. The Hall–Kier alpha value is -5.08. The van der Waals surface area contributed by atoms with Gasteiger partial charge in [0.25, 0.3) is 0 Å². The van der Waals surface area contributed by atoms with Gasteiger partial charge in [0, 0.05) is 34.5 Å². The van der Waals surface area contributed by atoms with Crippen LogP contribution >= 0.6 is 0 Å². The number of aromatic nitrogens is 1. The van der Waals surface area contributed by atoms with Crippen LogP contribution in [0.2, 0.25) is 0 Å². The average molecular weight is 613 g/mol. The summed E-state index contributed by atoms with van der Waals surface area (Å²) in [4.78, 5) is 0. The molecule has 2 atom stereocenters. The van der Waals surface area contributed by atoms with Gasteiger partial charge in [-0.1, -0.05) is 118 Å². The van der Waals surface area contributed by atoms with Gasteiger partial charge in [-0.05, 0) is 112 Å². The summed E-state index contributed by atoms with van der Waals surface area (Å²) in [6.07, 6.45) is 20.1. The lowest BCUT2D eigenvalue weighted by Crippen LogP contribution is -2.06. The van der Waals surface area contributed by atoms with E-state index >= 15 is 0 Å². The molecule has 0 amide bonds. The standard InChI is InChI=1S/C45H44N2/c1-10-29-24-36(34(19-22-46)30-16-14-13-15-17-30)39-27(6)38(32(11-2)41(29)39)42-33(12-3)40-28(7)47-23-20-35(31-18-21-45(8,9)25-31)44(47)43(40)37(42)26(4)5/h10-23,25,39,43H,2-4,7,24,46H2,1,5-6,8-9H3/b22-19-,29-10-,36-34-. The van der Waals surface area contributed by atoms with Crippen molar-refractivity contribution in [3.05, 3.63) is 196 Å². The molecule has 2 N–H and O–H groups in total. The Morgan fingerprint density at radius 2 is 1.70 bits per heavy atom. The van der Waals surface area contributed by atoms with Gasteiger partial charge in [-0.2, -0.15) is 0 Å². The molecule has 1 saturated carbocycles. The first-order chi connectivity index (χ1) is 22.6. The van der Waals surface area contributed by atoms with Crippen molar-refractivity contribution in [3.8, 4) is 0 Å². The largest absolute Gasteiger partial charge is 0.405 e. The highest BCUT2D eigenvalue weighted by atomic mass is 15.0. The fourth-order valence-corrected chi connectivity index (χ4v) is 8.79. The summed E-state index contributed by atoms with van der Waals surface area (Å²) in [7, 11) is 0. The number of benzene rings is 1. The molecular weight excluding hydrogens is 569 g/mol. The summed E-state index contributed by atoms with van der Waals surface area (Å²) < 4.78 is 2.29. The molecule has 7 rings (SSSR count). The van der Waals surface area contributed by atoms with Gasteiger partial charge < -0.3 is 10.3 Å². The molecule has 47 heavy (non-hydrogen) atoms. The summed E-state index contributed by atoms with van der Waals surface area (Å²) in [5, 5.41) is 0. The Kier molecular flexibility index (Phi) is 7.17. The molecule has 0 saturated heterocycles. The SMILES string of the molecule is C=CC1=C2/C(=C\C)C/C(=C(\C=C/N)c3ccccc3)C2C(C)=C1C1=C(C(=C)C)C2C(=C1C=C)C(=C)n1ccc(C3=CC(C)(C)C=C3)c12. The molecule has 2 nitrogen and oxygen atoms in total. The lowest BCUT2D eigenvalue weighted by molar-refractivity contribution is 0.637. The van der Waals surface area contributed by atoms with Crippen molar-refractivity contribution in [2.24, 2.45) is 17.1 Å². The number of nitrogens with two attached hydrogens (primary N) is 1. The second-order valence-electron chi connectivity index (χ2n) is 13.9. The van der Waals surface area contributed by atoms with Gasteiger partial charge >= 0.3 is 0 Å². The van der Waals surface area contributed by atoms with Crippen LogP contribution < -0.4 is 5.73 Å². The van der Waals surface area contributed by atoms with Gasteiger partial charge in [-0.15, -0.1) is 0 Å². The van der Waals surface area contributed by atoms with Crippen LogP contribution in [0.4, 0.5) is 0 Å². The predicted molar refractivity (Wildman–Crippen MR) is 201 cm³/mol. The van der Waals surface area contributed by atoms with Crippen LogP contribution in [0.25, 0.3) is 16.8 Å². The van der Waals surface area contributed by atoms with Gasteiger partial charge in [0.2, 0.25) is 0 Å². The second-order valence-corrected chi connectivity index (χ2v) is 13.9. The normalized spacial score (nSPS) is 24.7. The fraction of sp³-hybridized carbons (Fsp3) is 0.200. The van der Waals surface area contributed by atoms with E-state index in [0.717, 1.165) is 23.3 Å². The zero-order valence-electron chi connectivity index (χ0n) is 28.4. The molecule has 2 heteroatoms. The monoisotopic (exact) mass is 612 g/mol. The van der Waals surface area contributed by atoms with Crippen molar-refractivity contribution in [2.45, 2.75) is 47.0 Å². The fourth-order valence-electron chi connectivity index (χ4n) is 8.79. The van der Waals surface area contributed by atoms with Gasteiger partial charge in [0.15, 0.2) is 0 Å². The molecule has 1 aromatic heterocycles. The van der Waals surface area contributed by atoms with Gasteiger partial charge in [-0.25, -0.2) is 0 Å². The van der Waals surface area contributed by atoms with Gasteiger partial charge in [0.1, 0.15) is 0 Å². The molecular formula is C45H44N2. The number of fused-ring (bicyclic) bond motifs is 4. The van der Waals surface area contributed by atoms with E-state index in [9.17, 15) is 0 Å². The molecule has 2 unspecified atom stereocenters. The van der Waals surface area contributed by atoms with E-state index in [1.165, 1.54) is 78.1 Å². The lowest BCUT2D eigenvalue weighted by atomic mass is 9.83. The summed E-state index contributed by atoms with van der Waals surface area (Å²) in [6, 6.07) is 12.9. The summed E-state index contributed by atoms with van der Waals surface area (Å²) in [6.45, 7) is 29.2. The molecule has 1 fully saturated rings. The topological polar surface area (TPSA) is 30.9 Å². The van der Waals surface area contributed by atoms with Crippen LogP contribution in [0.1, 0.15) is 63.8 Å². The maximum Gasteiger partial charge on any atom is 0.0538 e. The maximum atomic E-state index is 6.09. The van der Waals surface area contributed by atoms with Crippen LogP contribution in [0, 0.1) is 11.3 Å². The minimum Gasteiger partial charge on any atom is -0.405 e. The van der Waals surface area contributed by atoms with E-state index in [0.29, 0.717) is 0 Å². The highest BCUT2D eigenvalue weighted by Crippen LogP contribution is 2.62. The lowest BCUT2D eigenvalue weighted by Gasteiger charge is -2.21. The smallest absolute Gasteiger partial charge is 0.0538 e. The Balaban J connectivity index is 1.51. The van der Waals surface area contributed by atoms with Crippen LogP contribution in [0.15, 0.2) is 179 Å². The van der Waals surface area contributed by atoms with E-state index in [1.807, 2.05) is 6.08 Å². The van der Waals surface area contributed by atoms with Gasteiger partial charge in [0.05, 0.1) is 5.92 Å². The maximum absolute atomic E-state index is 6.09. The quantitative estimate of drug-likeness (QED) is 0.331. The minimum absolute atomic E-state index is 0.0269. The molecule has 2 heterocycles. The molecule has 234 valence electrons. The molecule has 5 aliphatic rings. The molecule has 0 radical (unpaired) electrons. The van der Waals surface area contributed by atoms with E-state index in [2.05, 4.69) is 145 Å². The van der Waals surface area contributed by atoms with Crippen molar-refractivity contribution in [1.29, 1.82) is 0 Å². The third-order valence-corrected chi connectivity index (χ3v) is 10.6. The van der Waals surface area contributed by atoms with Crippen molar-refractivity contribution in [2.75, 3.05) is 0 Å².